The summed E-state index contributed by atoms with van der Waals surface area (Å²) in [7, 11) is -3.50. The molecule has 0 atom stereocenters. The van der Waals surface area contributed by atoms with Gasteiger partial charge in [-0.1, -0.05) is 11.3 Å². The second-order valence-corrected chi connectivity index (χ2v) is 7.54. The smallest absolute Gasteiger partial charge is 0.305 e. The number of H-pyrrole nitrogens is 1. The number of aromatic amines is 1. The second kappa shape index (κ2) is 3.66. The van der Waals surface area contributed by atoms with E-state index >= 15 is 0 Å². The molecule has 96 valence electrons. The van der Waals surface area contributed by atoms with Crippen LogP contribution >= 0.6 is 11.3 Å². The van der Waals surface area contributed by atoms with Gasteiger partial charge in [-0.05, 0) is 38.0 Å². The van der Waals surface area contributed by atoms with Crippen LogP contribution in [0.2, 0.25) is 0 Å². The Kier molecular flexibility index (Phi) is 2.42. The summed E-state index contributed by atoms with van der Waals surface area (Å²) in [6.45, 7) is 1.89. The lowest BCUT2D eigenvalue weighted by molar-refractivity contribution is 0.558. The quantitative estimate of drug-likeness (QED) is 0.894. The van der Waals surface area contributed by atoms with Crippen molar-refractivity contribution in [3.05, 3.63) is 27.9 Å². The van der Waals surface area contributed by atoms with E-state index in [0.29, 0.717) is 10.2 Å². The predicted octanol–water partition coefficient (Wildman–Crippen LogP) is 1.42. The van der Waals surface area contributed by atoms with Crippen molar-refractivity contribution in [2.45, 2.75) is 30.2 Å². The highest BCUT2D eigenvalue weighted by Gasteiger charge is 2.41. The number of hydrogen-bond acceptors (Lipinski definition) is 4. The zero-order valence-corrected chi connectivity index (χ0v) is 11.3. The summed E-state index contributed by atoms with van der Waals surface area (Å²) in [5, 5.41) is 0. The number of nitrogens with one attached hydrogen (secondary N) is 2. The van der Waals surface area contributed by atoms with Crippen LogP contribution in [0.15, 0.2) is 27.9 Å². The highest BCUT2D eigenvalue weighted by molar-refractivity contribution is 7.89. The molecule has 1 saturated carbocycles. The largest absolute Gasteiger partial charge is 0.312 e. The number of thiazole rings is 1. The molecule has 0 bridgehead atoms. The Morgan fingerprint density at radius 3 is 2.78 bits per heavy atom. The molecule has 0 spiro atoms. The molecule has 1 heterocycles. The molecule has 1 aromatic carbocycles. The maximum Gasteiger partial charge on any atom is 0.305 e. The van der Waals surface area contributed by atoms with E-state index in [9.17, 15) is 13.2 Å². The van der Waals surface area contributed by atoms with Crippen LogP contribution in [0.5, 0.6) is 0 Å². The van der Waals surface area contributed by atoms with Gasteiger partial charge in [0.25, 0.3) is 0 Å². The van der Waals surface area contributed by atoms with Gasteiger partial charge in [-0.25, -0.2) is 13.1 Å². The van der Waals surface area contributed by atoms with E-state index in [1.54, 1.807) is 6.07 Å². The summed E-state index contributed by atoms with van der Waals surface area (Å²) in [5.41, 5.74) is 0.376. The van der Waals surface area contributed by atoms with Crippen LogP contribution in [-0.2, 0) is 10.0 Å². The van der Waals surface area contributed by atoms with Gasteiger partial charge in [0.1, 0.15) is 0 Å². The van der Waals surface area contributed by atoms with E-state index in [2.05, 4.69) is 9.71 Å². The zero-order valence-electron chi connectivity index (χ0n) is 9.69. The molecule has 18 heavy (non-hydrogen) atoms. The highest BCUT2D eigenvalue weighted by atomic mass is 32.2. The third-order valence-corrected chi connectivity index (χ3v) is 5.56. The molecule has 1 aromatic heterocycles. The van der Waals surface area contributed by atoms with E-state index in [-0.39, 0.29) is 15.3 Å². The molecular formula is C11H12N2O3S2. The van der Waals surface area contributed by atoms with Gasteiger partial charge in [0.15, 0.2) is 0 Å². The third kappa shape index (κ3) is 2.09. The minimum Gasteiger partial charge on any atom is -0.312 e. The molecular weight excluding hydrogens is 272 g/mol. The number of benzene rings is 1. The summed E-state index contributed by atoms with van der Waals surface area (Å²) in [6.07, 6.45) is 1.73. The third-order valence-electron chi connectivity index (χ3n) is 3.08. The lowest BCUT2D eigenvalue weighted by Gasteiger charge is -2.11. The summed E-state index contributed by atoms with van der Waals surface area (Å²) in [6, 6.07) is 4.67. The number of fused-ring (bicyclic) bond motifs is 1. The van der Waals surface area contributed by atoms with E-state index < -0.39 is 10.0 Å². The first kappa shape index (κ1) is 11.9. The van der Waals surface area contributed by atoms with Crippen molar-refractivity contribution in [1.29, 1.82) is 0 Å². The van der Waals surface area contributed by atoms with Crippen molar-refractivity contribution < 1.29 is 8.42 Å². The fourth-order valence-electron chi connectivity index (χ4n) is 1.77. The lowest BCUT2D eigenvalue weighted by atomic mass is 10.3. The maximum absolute atomic E-state index is 12.1. The highest BCUT2D eigenvalue weighted by Crippen LogP contribution is 2.36. The average molecular weight is 284 g/mol. The first-order valence-corrected chi connectivity index (χ1v) is 7.85. The fourth-order valence-corrected chi connectivity index (χ4v) is 4.11. The Hall–Kier alpha value is -1.18. The topological polar surface area (TPSA) is 79.0 Å². The average Bonchev–Trinajstić information content (AvgIpc) is 2.86. The first-order chi connectivity index (χ1) is 8.38. The molecule has 7 heteroatoms. The summed E-state index contributed by atoms with van der Waals surface area (Å²) >= 11 is 1.01. The molecule has 2 N–H and O–H groups in total. The van der Waals surface area contributed by atoms with Crippen molar-refractivity contribution >= 4 is 31.6 Å². The van der Waals surface area contributed by atoms with Crippen LogP contribution in [0, 0.1) is 0 Å². The molecule has 0 amide bonds. The van der Waals surface area contributed by atoms with Crippen LogP contribution in [0.3, 0.4) is 0 Å². The van der Waals surface area contributed by atoms with Gasteiger partial charge in [0.05, 0.1) is 15.1 Å². The van der Waals surface area contributed by atoms with Gasteiger partial charge < -0.3 is 4.98 Å². The first-order valence-electron chi connectivity index (χ1n) is 5.55. The molecule has 1 aliphatic rings. The van der Waals surface area contributed by atoms with E-state index in [1.165, 1.54) is 12.1 Å². The molecule has 0 unspecified atom stereocenters. The van der Waals surface area contributed by atoms with E-state index in [1.807, 2.05) is 6.92 Å². The van der Waals surface area contributed by atoms with Gasteiger partial charge in [0.2, 0.25) is 10.0 Å². The van der Waals surface area contributed by atoms with Gasteiger partial charge in [-0.2, -0.15) is 0 Å². The number of aromatic nitrogens is 1. The Labute approximate surface area is 108 Å². The van der Waals surface area contributed by atoms with Crippen molar-refractivity contribution in [2.75, 3.05) is 0 Å². The van der Waals surface area contributed by atoms with Gasteiger partial charge in [-0.3, -0.25) is 4.79 Å². The normalized spacial score (nSPS) is 18.1. The van der Waals surface area contributed by atoms with Crippen molar-refractivity contribution in [3.8, 4) is 0 Å². The van der Waals surface area contributed by atoms with Gasteiger partial charge in [0, 0.05) is 5.54 Å². The molecule has 1 aliphatic carbocycles. The number of hydrogen-bond donors (Lipinski definition) is 2. The lowest BCUT2D eigenvalue weighted by Crippen LogP contribution is -2.34. The summed E-state index contributed by atoms with van der Waals surface area (Å²) in [4.78, 5) is 13.9. The monoisotopic (exact) mass is 284 g/mol. The molecule has 5 nitrogen and oxygen atoms in total. The van der Waals surface area contributed by atoms with Crippen LogP contribution in [0.4, 0.5) is 0 Å². The van der Waals surface area contributed by atoms with Crippen molar-refractivity contribution in [3.63, 3.8) is 0 Å². The van der Waals surface area contributed by atoms with Crippen molar-refractivity contribution in [2.24, 2.45) is 0 Å². The Morgan fingerprint density at radius 1 is 1.39 bits per heavy atom. The van der Waals surface area contributed by atoms with Crippen LogP contribution in [0.25, 0.3) is 10.2 Å². The predicted molar refractivity (Wildman–Crippen MR) is 70.4 cm³/mol. The Bertz CT molecular complexity index is 769. The summed E-state index contributed by atoms with van der Waals surface area (Å²) in [5.74, 6) is 0. The van der Waals surface area contributed by atoms with E-state index in [4.69, 9.17) is 0 Å². The zero-order chi connectivity index (χ0) is 13.0. The second-order valence-electron chi connectivity index (χ2n) is 4.84. The molecule has 3 rings (SSSR count). The van der Waals surface area contributed by atoms with Crippen LogP contribution in [0.1, 0.15) is 19.8 Å². The maximum atomic E-state index is 12.1. The molecule has 0 aliphatic heterocycles. The standard InChI is InChI=1S/C11H12N2O3S2/c1-11(4-5-11)13-18(15,16)7-2-3-8-9(6-7)17-10(14)12-8/h2-3,6,13H,4-5H2,1H3,(H,12,14). The SMILES string of the molecule is CC1(NS(=O)(=O)c2ccc3[nH]c(=O)sc3c2)CC1. The molecule has 0 saturated heterocycles. The van der Waals surface area contributed by atoms with E-state index in [0.717, 1.165) is 24.2 Å². The minimum absolute atomic E-state index is 0.179. The van der Waals surface area contributed by atoms with Crippen molar-refractivity contribution in [1.82, 2.24) is 9.71 Å². The molecule has 2 aromatic rings. The van der Waals surface area contributed by atoms with Crippen LogP contribution in [-0.4, -0.2) is 18.9 Å². The molecule has 0 radical (unpaired) electrons. The molecule has 1 fully saturated rings. The van der Waals surface area contributed by atoms with Crippen LogP contribution < -0.4 is 9.60 Å². The summed E-state index contributed by atoms with van der Waals surface area (Å²) < 4.78 is 27.6. The fraction of sp³-hybridized carbons (Fsp3) is 0.364. The Morgan fingerprint density at radius 2 is 2.11 bits per heavy atom. The number of rotatable bonds is 3. The number of sulfonamides is 1. The minimum atomic E-state index is -3.50. The van der Waals surface area contributed by atoms with Gasteiger partial charge in [-0.15, -0.1) is 0 Å². The van der Waals surface area contributed by atoms with Gasteiger partial charge >= 0.3 is 4.87 Å². The Balaban J connectivity index is 2.05.